The van der Waals surface area contributed by atoms with Crippen molar-refractivity contribution in [2.24, 2.45) is 0 Å². The van der Waals surface area contributed by atoms with Crippen LogP contribution in [-0.2, 0) is 16.0 Å². The smallest absolute Gasteiger partial charge is 0.333 e. The number of carbonyl (C=O) groups is 1. The zero-order chi connectivity index (χ0) is 24.5. The average molecular weight is 459 g/mol. The van der Waals surface area contributed by atoms with Gasteiger partial charge in [-0.2, -0.15) is 0 Å². The Hall–Kier alpha value is -3.37. The molecule has 0 radical (unpaired) electrons. The molecule has 0 amide bonds. The Balaban J connectivity index is 1.55. The zero-order valence-electron chi connectivity index (χ0n) is 20.5. The lowest BCUT2D eigenvalue weighted by molar-refractivity contribution is -0.149. The van der Waals surface area contributed by atoms with Crippen LogP contribution in [0.25, 0.3) is 16.7 Å². The van der Waals surface area contributed by atoms with E-state index in [-0.39, 0.29) is 0 Å². The van der Waals surface area contributed by atoms with E-state index in [0.29, 0.717) is 25.6 Å². The van der Waals surface area contributed by atoms with Gasteiger partial charge in [0.05, 0.1) is 0 Å². The van der Waals surface area contributed by atoms with Crippen LogP contribution in [0.3, 0.4) is 0 Å². The van der Waals surface area contributed by atoms with E-state index < -0.39 is 12.1 Å². The van der Waals surface area contributed by atoms with Gasteiger partial charge in [0.1, 0.15) is 12.4 Å². The van der Waals surface area contributed by atoms with Gasteiger partial charge in [0.15, 0.2) is 6.10 Å². The Morgan fingerprint density at radius 1 is 0.912 bits per heavy atom. The average Bonchev–Trinajstić information content (AvgIpc) is 2.85. The maximum Gasteiger partial charge on any atom is 0.333 e. The summed E-state index contributed by atoms with van der Waals surface area (Å²) in [6, 6.07) is 24.9. The number of aliphatic carboxylic acids is 1. The second-order valence-electron chi connectivity index (χ2n) is 8.68. The number of ether oxygens (including phenoxy) is 2. The molecule has 3 aromatic carbocycles. The van der Waals surface area contributed by atoms with Crippen molar-refractivity contribution >= 4 is 11.5 Å². The van der Waals surface area contributed by atoms with Crippen LogP contribution in [-0.4, -0.2) is 30.4 Å². The quantitative estimate of drug-likeness (QED) is 0.336. The summed E-state index contributed by atoms with van der Waals surface area (Å²) < 4.78 is 11.1. The maximum absolute atomic E-state index is 11.3. The highest BCUT2D eigenvalue weighted by molar-refractivity contribution is 5.72. The second kappa shape index (κ2) is 12.2. The minimum absolute atomic E-state index is 0.334. The Morgan fingerprint density at radius 2 is 1.50 bits per heavy atom. The predicted octanol–water partition coefficient (Wildman–Crippen LogP) is 6.99. The summed E-state index contributed by atoms with van der Waals surface area (Å²) in [4.78, 5) is 11.3. The maximum atomic E-state index is 11.3. The van der Waals surface area contributed by atoms with Crippen LogP contribution in [0, 0.1) is 0 Å². The van der Waals surface area contributed by atoms with Gasteiger partial charge in [0.25, 0.3) is 0 Å². The highest BCUT2D eigenvalue weighted by Gasteiger charge is 2.17. The molecule has 0 spiro atoms. The molecular formula is C30H34O4. The molecule has 3 aromatic rings. The lowest BCUT2D eigenvalue weighted by Crippen LogP contribution is -2.26. The van der Waals surface area contributed by atoms with Crippen LogP contribution in [0.4, 0.5) is 0 Å². The lowest BCUT2D eigenvalue weighted by atomic mass is 9.97. The molecule has 0 aliphatic rings. The van der Waals surface area contributed by atoms with Crippen molar-refractivity contribution in [3.63, 3.8) is 0 Å². The molecule has 1 atom stereocenters. The van der Waals surface area contributed by atoms with Crippen molar-refractivity contribution in [2.75, 3.05) is 13.2 Å². The summed E-state index contributed by atoms with van der Waals surface area (Å²) >= 11 is 0. The van der Waals surface area contributed by atoms with Gasteiger partial charge < -0.3 is 14.6 Å². The number of carboxylic acids is 1. The van der Waals surface area contributed by atoms with Gasteiger partial charge in [-0.1, -0.05) is 74.5 Å². The summed E-state index contributed by atoms with van der Waals surface area (Å²) in [6.45, 7) is 9.12. The molecule has 4 heteroatoms. The van der Waals surface area contributed by atoms with E-state index in [1.54, 1.807) is 6.92 Å². The van der Waals surface area contributed by atoms with Crippen molar-refractivity contribution in [1.29, 1.82) is 0 Å². The topological polar surface area (TPSA) is 55.8 Å². The molecule has 0 saturated carbocycles. The van der Waals surface area contributed by atoms with Gasteiger partial charge in [-0.3, -0.25) is 0 Å². The summed E-state index contributed by atoms with van der Waals surface area (Å²) in [5, 5.41) is 9.23. The standard InChI is InChI=1S/C30H34O4/c1-5-33-29(30(31)32)20-23-6-16-28(17-7-23)34-19-18-22(4)25-10-14-27(15-11-25)26-12-8-24(9-13-26)21(2)3/h6-18,21,29H,5,19-20H2,1-4H3,(H,31,32)/b22-18-/t29-/m0/s1. The zero-order valence-corrected chi connectivity index (χ0v) is 20.5. The van der Waals surface area contributed by atoms with Gasteiger partial charge in [0, 0.05) is 13.0 Å². The Morgan fingerprint density at radius 3 is 2.03 bits per heavy atom. The van der Waals surface area contributed by atoms with Gasteiger partial charge in [-0.05, 0) is 71.4 Å². The molecule has 0 unspecified atom stereocenters. The van der Waals surface area contributed by atoms with E-state index in [0.717, 1.165) is 22.4 Å². The summed E-state index contributed by atoms with van der Waals surface area (Å²) in [5.41, 5.74) is 7.00. The first-order valence-electron chi connectivity index (χ1n) is 11.8. The van der Waals surface area contributed by atoms with Crippen LogP contribution in [0.2, 0.25) is 0 Å². The largest absolute Gasteiger partial charge is 0.490 e. The molecular weight excluding hydrogens is 424 g/mol. The highest BCUT2D eigenvalue weighted by Crippen LogP contribution is 2.25. The SMILES string of the molecule is CCO[C@@H](Cc1ccc(OC/C=C(/C)c2ccc(-c3ccc(C(C)C)cc3)cc2)cc1)C(=O)O. The molecule has 0 fully saturated rings. The first kappa shape index (κ1) is 25.3. The molecule has 4 nitrogen and oxygen atoms in total. The third-order valence-electron chi connectivity index (χ3n) is 5.88. The van der Waals surface area contributed by atoms with E-state index in [1.807, 2.05) is 24.3 Å². The first-order chi connectivity index (χ1) is 16.4. The summed E-state index contributed by atoms with van der Waals surface area (Å²) in [7, 11) is 0. The predicted molar refractivity (Wildman–Crippen MR) is 138 cm³/mol. The summed E-state index contributed by atoms with van der Waals surface area (Å²) in [6.07, 6.45) is 1.57. The molecule has 0 aliphatic carbocycles. The molecule has 0 aromatic heterocycles. The highest BCUT2D eigenvalue weighted by atomic mass is 16.5. The van der Waals surface area contributed by atoms with E-state index in [4.69, 9.17) is 9.47 Å². The molecule has 34 heavy (non-hydrogen) atoms. The molecule has 178 valence electrons. The number of hydrogen-bond donors (Lipinski definition) is 1. The second-order valence-corrected chi connectivity index (χ2v) is 8.68. The van der Waals surface area contributed by atoms with Crippen molar-refractivity contribution in [1.82, 2.24) is 0 Å². The summed E-state index contributed by atoms with van der Waals surface area (Å²) in [5.74, 6) is 0.338. The number of benzene rings is 3. The molecule has 0 heterocycles. The first-order valence-corrected chi connectivity index (χ1v) is 11.8. The van der Waals surface area contributed by atoms with E-state index in [2.05, 4.69) is 75.4 Å². The molecule has 0 bridgehead atoms. The number of carboxylic acid groups (broad SMARTS) is 1. The van der Waals surface area contributed by atoms with Gasteiger partial charge in [-0.25, -0.2) is 4.79 Å². The van der Waals surface area contributed by atoms with Crippen molar-refractivity contribution in [3.8, 4) is 16.9 Å². The Bertz CT molecular complexity index is 1080. The van der Waals surface area contributed by atoms with Crippen LogP contribution in [0.1, 0.15) is 50.3 Å². The minimum atomic E-state index is -0.945. The number of allylic oxidation sites excluding steroid dienone is 1. The van der Waals surface area contributed by atoms with Crippen LogP contribution < -0.4 is 4.74 Å². The molecule has 0 saturated heterocycles. The van der Waals surface area contributed by atoms with Crippen LogP contribution >= 0.6 is 0 Å². The van der Waals surface area contributed by atoms with E-state index >= 15 is 0 Å². The molecule has 1 N–H and O–H groups in total. The van der Waals surface area contributed by atoms with E-state index in [9.17, 15) is 9.90 Å². The van der Waals surface area contributed by atoms with Gasteiger partial charge in [0.2, 0.25) is 0 Å². The fraction of sp³-hybridized carbons (Fsp3) is 0.300. The van der Waals surface area contributed by atoms with E-state index in [1.165, 1.54) is 16.7 Å². The van der Waals surface area contributed by atoms with Crippen molar-refractivity contribution in [2.45, 2.75) is 46.1 Å². The molecule has 3 rings (SSSR count). The fourth-order valence-electron chi connectivity index (χ4n) is 3.72. The van der Waals surface area contributed by atoms with Crippen molar-refractivity contribution < 1.29 is 19.4 Å². The molecule has 0 aliphatic heterocycles. The number of rotatable bonds is 11. The monoisotopic (exact) mass is 458 g/mol. The van der Waals surface area contributed by atoms with Gasteiger partial charge >= 0.3 is 5.97 Å². The Labute approximate surface area is 202 Å². The normalized spacial score (nSPS) is 12.6. The fourth-order valence-corrected chi connectivity index (χ4v) is 3.72. The number of hydrogen-bond acceptors (Lipinski definition) is 3. The van der Waals surface area contributed by atoms with Crippen molar-refractivity contribution in [3.05, 3.63) is 95.6 Å². The van der Waals surface area contributed by atoms with Gasteiger partial charge in [-0.15, -0.1) is 0 Å². The van der Waals surface area contributed by atoms with Crippen LogP contribution in [0.5, 0.6) is 5.75 Å². The third kappa shape index (κ3) is 7.06. The van der Waals surface area contributed by atoms with Crippen LogP contribution in [0.15, 0.2) is 78.9 Å². The lowest BCUT2D eigenvalue weighted by Gasteiger charge is -2.12. The minimum Gasteiger partial charge on any atom is -0.490 e. The third-order valence-corrected chi connectivity index (χ3v) is 5.88. The Kier molecular flexibility index (Phi) is 9.06.